The van der Waals surface area contributed by atoms with Gasteiger partial charge in [-0.15, -0.1) is 0 Å². The van der Waals surface area contributed by atoms with E-state index in [1.54, 1.807) is 7.11 Å². The molecule has 1 heterocycles. The molecule has 0 unspecified atom stereocenters. The van der Waals surface area contributed by atoms with Crippen LogP contribution >= 0.6 is 0 Å². The lowest BCUT2D eigenvalue weighted by Crippen LogP contribution is -2.21. The van der Waals surface area contributed by atoms with Crippen LogP contribution in [0, 0.1) is 0 Å². The zero-order chi connectivity index (χ0) is 12.2. The van der Waals surface area contributed by atoms with E-state index in [1.807, 2.05) is 20.8 Å². The highest BCUT2D eigenvalue weighted by molar-refractivity contribution is 5.79. The molecule has 1 aromatic rings. The van der Waals surface area contributed by atoms with Crippen LogP contribution in [-0.2, 0) is 21.6 Å². The van der Waals surface area contributed by atoms with Gasteiger partial charge in [0.05, 0.1) is 6.42 Å². The van der Waals surface area contributed by atoms with Gasteiger partial charge >= 0.3 is 0 Å². The first-order valence-electron chi connectivity index (χ1n) is 5.39. The van der Waals surface area contributed by atoms with E-state index < -0.39 is 5.60 Å². The highest BCUT2D eigenvalue weighted by Crippen LogP contribution is 2.20. The molecule has 0 aliphatic rings. The normalized spacial score (nSPS) is 11.8. The zero-order valence-corrected chi connectivity index (χ0v) is 10.2. The highest BCUT2D eigenvalue weighted by Gasteiger charge is 2.26. The van der Waals surface area contributed by atoms with Crippen molar-refractivity contribution in [3.8, 4) is 0 Å². The molecule has 0 saturated heterocycles. The fourth-order valence-electron chi connectivity index (χ4n) is 1.20. The molecule has 1 rings (SSSR count). The van der Waals surface area contributed by atoms with E-state index >= 15 is 0 Å². The van der Waals surface area contributed by atoms with Crippen molar-refractivity contribution < 1.29 is 14.1 Å². The Balaban J connectivity index is 2.68. The maximum Gasteiger partial charge on any atom is 0.234 e. The molecule has 0 atom stereocenters. The second-order valence-electron chi connectivity index (χ2n) is 4.19. The molecule has 0 bridgehead atoms. The second-order valence-corrected chi connectivity index (χ2v) is 4.19. The molecular formula is C11H18N2O3. The number of aromatic nitrogens is 2. The third-order valence-corrected chi connectivity index (χ3v) is 2.39. The van der Waals surface area contributed by atoms with Gasteiger partial charge in [0, 0.05) is 13.5 Å². The zero-order valence-electron chi connectivity index (χ0n) is 10.2. The van der Waals surface area contributed by atoms with Crippen molar-refractivity contribution in [2.45, 2.75) is 45.6 Å². The number of Topliss-reactive ketones (excluding diaryl/α,β-unsaturated/α-hetero) is 1. The van der Waals surface area contributed by atoms with Crippen molar-refractivity contribution in [2.24, 2.45) is 0 Å². The first-order chi connectivity index (χ1) is 7.49. The molecule has 0 aliphatic heterocycles. The van der Waals surface area contributed by atoms with Crippen molar-refractivity contribution in [3.63, 3.8) is 0 Å². The molecular weight excluding hydrogens is 208 g/mol. The number of carbonyl (C=O) groups excluding carboxylic acids is 1. The predicted octanol–water partition coefficient (Wildman–Crippen LogP) is 1.86. The van der Waals surface area contributed by atoms with E-state index in [0.29, 0.717) is 18.1 Å². The topological polar surface area (TPSA) is 65.2 Å². The van der Waals surface area contributed by atoms with E-state index in [1.165, 1.54) is 0 Å². The van der Waals surface area contributed by atoms with Gasteiger partial charge in [0.1, 0.15) is 11.4 Å². The SMILES string of the molecule is CCCC(=O)Cc1nc(C(C)(C)OC)no1. The van der Waals surface area contributed by atoms with Crippen LogP contribution in [0.15, 0.2) is 4.52 Å². The van der Waals surface area contributed by atoms with Crippen LogP contribution in [0.4, 0.5) is 0 Å². The van der Waals surface area contributed by atoms with Gasteiger partial charge in [-0.2, -0.15) is 4.98 Å². The van der Waals surface area contributed by atoms with E-state index in [2.05, 4.69) is 10.1 Å². The van der Waals surface area contributed by atoms with Crippen molar-refractivity contribution in [3.05, 3.63) is 11.7 Å². The number of carbonyl (C=O) groups is 1. The van der Waals surface area contributed by atoms with Gasteiger partial charge in [-0.25, -0.2) is 0 Å². The van der Waals surface area contributed by atoms with Crippen LogP contribution < -0.4 is 0 Å². The summed E-state index contributed by atoms with van der Waals surface area (Å²) in [7, 11) is 1.58. The molecule has 0 amide bonds. The number of nitrogens with zero attached hydrogens (tertiary/aromatic N) is 2. The van der Waals surface area contributed by atoms with Crippen molar-refractivity contribution in [2.75, 3.05) is 7.11 Å². The Kier molecular flexibility index (Phi) is 4.18. The minimum Gasteiger partial charge on any atom is -0.371 e. The number of ether oxygens (including phenoxy) is 1. The quantitative estimate of drug-likeness (QED) is 0.740. The van der Waals surface area contributed by atoms with Crippen LogP contribution in [0.2, 0.25) is 0 Å². The first-order valence-corrected chi connectivity index (χ1v) is 5.39. The van der Waals surface area contributed by atoms with Gasteiger partial charge in [0.2, 0.25) is 11.7 Å². The Bertz CT molecular complexity index is 358. The Hall–Kier alpha value is -1.23. The lowest BCUT2D eigenvalue weighted by molar-refractivity contribution is -0.118. The second kappa shape index (κ2) is 5.21. The van der Waals surface area contributed by atoms with Gasteiger partial charge in [0.25, 0.3) is 0 Å². The molecule has 0 aromatic carbocycles. The maximum absolute atomic E-state index is 11.4. The lowest BCUT2D eigenvalue weighted by atomic mass is 10.1. The molecule has 90 valence electrons. The van der Waals surface area contributed by atoms with Gasteiger partial charge in [-0.1, -0.05) is 12.1 Å². The van der Waals surface area contributed by atoms with Crippen LogP contribution in [0.3, 0.4) is 0 Å². The van der Waals surface area contributed by atoms with E-state index in [9.17, 15) is 4.79 Å². The van der Waals surface area contributed by atoms with Crippen LogP contribution in [0.1, 0.15) is 45.3 Å². The summed E-state index contributed by atoms with van der Waals surface area (Å²) in [5.41, 5.74) is -0.588. The van der Waals surface area contributed by atoms with Gasteiger partial charge in [-0.05, 0) is 20.3 Å². The third kappa shape index (κ3) is 3.13. The Morgan fingerprint density at radius 1 is 1.50 bits per heavy atom. The molecule has 16 heavy (non-hydrogen) atoms. The fraction of sp³-hybridized carbons (Fsp3) is 0.727. The average Bonchev–Trinajstić information content (AvgIpc) is 2.67. The Morgan fingerprint density at radius 2 is 2.19 bits per heavy atom. The minimum absolute atomic E-state index is 0.118. The Labute approximate surface area is 95.2 Å². The van der Waals surface area contributed by atoms with Crippen molar-refractivity contribution >= 4 is 5.78 Å². The molecule has 0 fully saturated rings. The van der Waals surface area contributed by atoms with E-state index in [0.717, 1.165) is 6.42 Å². The Morgan fingerprint density at radius 3 is 2.75 bits per heavy atom. The first kappa shape index (κ1) is 12.8. The summed E-state index contributed by atoms with van der Waals surface area (Å²) >= 11 is 0. The molecule has 0 saturated carbocycles. The highest BCUT2D eigenvalue weighted by atomic mass is 16.5. The van der Waals surface area contributed by atoms with Crippen LogP contribution in [0.25, 0.3) is 0 Å². The number of hydrogen-bond donors (Lipinski definition) is 0. The third-order valence-electron chi connectivity index (χ3n) is 2.39. The average molecular weight is 226 g/mol. The minimum atomic E-state index is -0.588. The summed E-state index contributed by atoms with van der Waals surface area (Å²) in [6.07, 6.45) is 1.59. The van der Waals surface area contributed by atoms with Gasteiger partial charge in [-0.3, -0.25) is 4.79 Å². The van der Waals surface area contributed by atoms with Crippen molar-refractivity contribution in [1.29, 1.82) is 0 Å². The lowest BCUT2D eigenvalue weighted by Gasteiger charge is -2.17. The largest absolute Gasteiger partial charge is 0.371 e. The number of rotatable bonds is 6. The molecule has 1 aromatic heterocycles. The maximum atomic E-state index is 11.4. The smallest absolute Gasteiger partial charge is 0.234 e. The van der Waals surface area contributed by atoms with E-state index in [4.69, 9.17) is 9.26 Å². The van der Waals surface area contributed by atoms with E-state index in [-0.39, 0.29) is 12.2 Å². The van der Waals surface area contributed by atoms with Gasteiger partial charge < -0.3 is 9.26 Å². The molecule has 0 radical (unpaired) electrons. The number of hydrogen-bond acceptors (Lipinski definition) is 5. The van der Waals surface area contributed by atoms with Gasteiger partial charge in [0.15, 0.2) is 0 Å². The molecule has 0 N–H and O–H groups in total. The van der Waals surface area contributed by atoms with Crippen molar-refractivity contribution in [1.82, 2.24) is 10.1 Å². The molecule has 5 nitrogen and oxygen atoms in total. The molecule has 5 heteroatoms. The molecule has 0 spiro atoms. The van der Waals surface area contributed by atoms with Crippen LogP contribution in [0.5, 0.6) is 0 Å². The predicted molar refractivity (Wildman–Crippen MR) is 58.0 cm³/mol. The summed E-state index contributed by atoms with van der Waals surface area (Å²) in [5.74, 6) is 0.945. The summed E-state index contributed by atoms with van der Waals surface area (Å²) in [4.78, 5) is 15.5. The number of ketones is 1. The standard InChI is InChI=1S/C11H18N2O3/c1-5-6-8(14)7-9-12-10(13-16-9)11(2,3)15-4/h5-7H2,1-4H3. The monoisotopic (exact) mass is 226 g/mol. The fourth-order valence-corrected chi connectivity index (χ4v) is 1.20. The summed E-state index contributed by atoms with van der Waals surface area (Å²) in [5, 5.41) is 3.81. The summed E-state index contributed by atoms with van der Waals surface area (Å²) in [6.45, 7) is 5.65. The molecule has 0 aliphatic carbocycles. The number of methoxy groups -OCH3 is 1. The van der Waals surface area contributed by atoms with Crippen LogP contribution in [-0.4, -0.2) is 23.0 Å². The summed E-state index contributed by atoms with van der Waals surface area (Å²) < 4.78 is 10.2. The summed E-state index contributed by atoms with van der Waals surface area (Å²) in [6, 6.07) is 0.